The van der Waals surface area contributed by atoms with E-state index in [2.05, 4.69) is 32.8 Å². The van der Waals surface area contributed by atoms with Crippen LogP contribution in [0.15, 0.2) is 36.8 Å². The van der Waals surface area contributed by atoms with Gasteiger partial charge in [-0.2, -0.15) is 5.10 Å². The van der Waals surface area contributed by atoms with Gasteiger partial charge in [-0.15, -0.1) is 0 Å². The Morgan fingerprint density at radius 3 is 2.59 bits per heavy atom. The molecule has 3 fully saturated rings. The van der Waals surface area contributed by atoms with Crippen molar-refractivity contribution < 1.29 is 4.74 Å². The molecule has 0 amide bonds. The van der Waals surface area contributed by atoms with Gasteiger partial charge in [-0.1, -0.05) is 18.9 Å². The fourth-order valence-electron chi connectivity index (χ4n) is 5.59. The van der Waals surface area contributed by atoms with E-state index in [1.165, 1.54) is 44.3 Å². The molecule has 0 N–H and O–H groups in total. The molecule has 3 heterocycles. The summed E-state index contributed by atoms with van der Waals surface area (Å²) in [5.74, 6) is 2.25. The number of hydrogen-bond acceptors (Lipinski definition) is 4. The fourth-order valence-corrected chi connectivity index (χ4v) is 5.59. The Labute approximate surface area is 161 Å². The van der Waals surface area contributed by atoms with E-state index >= 15 is 0 Å². The average molecular weight is 367 g/mol. The van der Waals surface area contributed by atoms with Crippen molar-refractivity contribution in [3.05, 3.63) is 42.4 Å². The van der Waals surface area contributed by atoms with Gasteiger partial charge in [-0.05, 0) is 56.1 Å². The summed E-state index contributed by atoms with van der Waals surface area (Å²) in [5.41, 5.74) is 1.22. The third-order valence-corrected chi connectivity index (χ3v) is 6.93. The van der Waals surface area contributed by atoms with Crippen LogP contribution >= 0.6 is 0 Å². The summed E-state index contributed by atoms with van der Waals surface area (Å²) in [6.45, 7) is 4.63. The molecule has 0 aromatic carbocycles. The number of aromatic nitrogens is 3. The standard InChI is InChI=1S/C22H30N4O/c1-16-12-24-26(13-16)20-10-17-14-25(19-6-2-3-7-19)15-18(17)11-21(20)27-22-8-4-5-9-23-22/h4-5,8-9,12-13,17-21H,2-3,6-7,10-11,14-15H2,1H3/t17-,18+,20-,21-/m0/s1. The average Bonchev–Trinajstić information content (AvgIpc) is 3.42. The second-order valence-electron chi connectivity index (χ2n) is 8.77. The van der Waals surface area contributed by atoms with Crippen molar-refractivity contribution in [2.45, 2.75) is 63.6 Å². The van der Waals surface area contributed by atoms with Crippen LogP contribution in [0.1, 0.15) is 50.1 Å². The topological polar surface area (TPSA) is 43.2 Å². The van der Waals surface area contributed by atoms with E-state index in [0.29, 0.717) is 6.04 Å². The van der Waals surface area contributed by atoms with E-state index < -0.39 is 0 Å². The maximum absolute atomic E-state index is 6.41. The Balaban J connectivity index is 1.36. The first-order valence-corrected chi connectivity index (χ1v) is 10.6. The maximum Gasteiger partial charge on any atom is 0.213 e. The molecular formula is C22H30N4O. The van der Waals surface area contributed by atoms with Crippen LogP contribution in [0.5, 0.6) is 5.88 Å². The van der Waals surface area contributed by atoms with Gasteiger partial charge in [0.25, 0.3) is 0 Å². The highest BCUT2D eigenvalue weighted by Gasteiger charge is 2.45. The summed E-state index contributed by atoms with van der Waals surface area (Å²) in [5, 5.41) is 4.64. The minimum atomic E-state index is 0.143. The first-order chi connectivity index (χ1) is 13.3. The van der Waals surface area contributed by atoms with Gasteiger partial charge in [-0.3, -0.25) is 9.58 Å². The van der Waals surface area contributed by atoms with Crippen LogP contribution in [0.2, 0.25) is 0 Å². The lowest BCUT2D eigenvalue weighted by atomic mass is 9.77. The molecule has 5 nitrogen and oxygen atoms in total. The van der Waals surface area contributed by atoms with Crippen LogP contribution in [-0.2, 0) is 0 Å². The number of ether oxygens (including phenoxy) is 1. The highest BCUT2D eigenvalue weighted by atomic mass is 16.5. The smallest absolute Gasteiger partial charge is 0.213 e. The Kier molecular flexibility index (Phi) is 4.64. The van der Waals surface area contributed by atoms with E-state index in [-0.39, 0.29) is 6.10 Å². The molecule has 2 aromatic rings. The molecule has 27 heavy (non-hydrogen) atoms. The molecule has 5 heteroatoms. The minimum absolute atomic E-state index is 0.143. The third kappa shape index (κ3) is 3.49. The normalized spacial score (nSPS) is 31.9. The lowest BCUT2D eigenvalue weighted by Gasteiger charge is -2.37. The Bertz CT molecular complexity index is 755. The molecule has 0 spiro atoms. The highest BCUT2D eigenvalue weighted by molar-refractivity contribution is 5.11. The summed E-state index contributed by atoms with van der Waals surface area (Å²) in [4.78, 5) is 7.20. The largest absolute Gasteiger partial charge is 0.472 e. The first-order valence-electron chi connectivity index (χ1n) is 10.6. The number of hydrogen-bond donors (Lipinski definition) is 0. The van der Waals surface area contributed by atoms with Crippen LogP contribution in [0.3, 0.4) is 0 Å². The van der Waals surface area contributed by atoms with Gasteiger partial charge >= 0.3 is 0 Å². The second kappa shape index (κ2) is 7.27. The monoisotopic (exact) mass is 366 g/mol. The summed E-state index contributed by atoms with van der Waals surface area (Å²) < 4.78 is 8.56. The number of fused-ring (bicyclic) bond motifs is 1. The van der Waals surface area contributed by atoms with Crippen molar-refractivity contribution in [1.82, 2.24) is 19.7 Å². The zero-order valence-corrected chi connectivity index (χ0v) is 16.2. The summed E-state index contributed by atoms with van der Waals surface area (Å²) >= 11 is 0. The Morgan fingerprint density at radius 1 is 1.07 bits per heavy atom. The lowest BCUT2D eigenvalue weighted by molar-refractivity contribution is 0.0459. The molecule has 2 saturated carbocycles. The summed E-state index contributed by atoms with van der Waals surface area (Å²) in [6.07, 6.45) is 14.0. The van der Waals surface area contributed by atoms with Gasteiger partial charge in [-0.25, -0.2) is 4.98 Å². The molecule has 144 valence electrons. The zero-order chi connectivity index (χ0) is 18.2. The second-order valence-corrected chi connectivity index (χ2v) is 8.77. The molecule has 0 bridgehead atoms. The molecule has 4 atom stereocenters. The molecular weight excluding hydrogens is 336 g/mol. The zero-order valence-electron chi connectivity index (χ0n) is 16.2. The van der Waals surface area contributed by atoms with Crippen molar-refractivity contribution >= 4 is 0 Å². The minimum Gasteiger partial charge on any atom is -0.472 e. The van der Waals surface area contributed by atoms with E-state index in [4.69, 9.17) is 4.74 Å². The van der Waals surface area contributed by atoms with E-state index in [0.717, 1.165) is 36.6 Å². The van der Waals surface area contributed by atoms with E-state index in [1.54, 1.807) is 0 Å². The van der Waals surface area contributed by atoms with Crippen LogP contribution in [-0.4, -0.2) is 44.9 Å². The van der Waals surface area contributed by atoms with Gasteiger partial charge in [0.1, 0.15) is 6.10 Å². The van der Waals surface area contributed by atoms with Crippen molar-refractivity contribution in [2.24, 2.45) is 11.8 Å². The van der Waals surface area contributed by atoms with Crippen LogP contribution < -0.4 is 4.74 Å². The van der Waals surface area contributed by atoms with Crippen molar-refractivity contribution in [3.63, 3.8) is 0 Å². The van der Waals surface area contributed by atoms with Crippen molar-refractivity contribution in [3.8, 4) is 5.88 Å². The summed E-state index contributed by atoms with van der Waals surface area (Å²) in [7, 11) is 0. The van der Waals surface area contributed by atoms with Crippen LogP contribution in [0.25, 0.3) is 0 Å². The molecule has 2 aliphatic carbocycles. The fraction of sp³-hybridized carbons (Fsp3) is 0.636. The molecule has 0 radical (unpaired) electrons. The number of pyridine rings is 1. The van der Waals surface area contributed by atoms with Crippen molar-refractivity contribution in [2.75, 3.05) is 13.1 Å². The van der Waals surface area contributed by atoms with Crippen LogP contribution in [0.4, 0.5) is 0 Å². The number of nitrogens with zero attached hydrogens (tertiary/aromatic N) is 4. The number of aryl methyl sites for hydroxylation is 1. The Morgan fingerprint density at radius 2 is 1.89 bits per heavy atom. The molecule has 0 unspecified atom stereocenters. The van der Waals surface area contributed by atoms with Gasteiger partial charge in [0.15, 0.2) is 0 Å². The molecule has 3 aliphatic rings. The van der Waals surface area contributed by atoms with E-state index in [9.17, 15) is 0 Å². The quantitative estimate of drug-likeness (QED) is 0.824. The lowest BCUT2D eigenvalue weighted by Crippen LogP contribution is -2.40. The van der Waals surface area contributed by atoms with Crippen LogP contribution in [0, 0.1) is 18.8 Å². The molecule has 1 aliphatic heterocycles. The van der Waals surface area contributed by atoms with Gasteiger partial charge < -0.3 is 4.74 Å². The first kappa shape index (κ1) is 17.2. The third-order valence-electron chi connectivity index (χ3n) is 6.93. The SMILES string of the molecule is Cc1cnn([C@H]2C[C@H]3CN(C4CCCC4)C[C@H]3C[C@@H]2Oc2ccccn2)c1. The molecule has 2 aromatic heterocycles. The highest BCUT2D eigenvalue weighted by Crippen LogP contribution is 2.44. The van der Waals surface area contributed by atoms with Gasteiger partial charge in [0.2, 0.25) is 5.88 Å². The number of likely N-dealkylation sites (tertiary alicyclic amines) is 1. The number of rotatable bonds is 4. The molecule has 1 saturated heterocycles. The van der Waals surface area contributed by atoms with Gasteiger partial charge in [0, 0.05) is 37.6 Å². The predicted octanol–water partition coefficient (Wildman–Crippen LogP) is 3.86. The predicted molar refractivity (Wildman–Crippen MR) is 105 cm³/mol. The van der Waals surface area contributed by atoms with E-state index in [1.807, 2.05) is 30.6 Å². The van der Waals surface area contributed by atoms with Crippen molar-refractivity contribution in [1.29, 1.82) is 0 Å². The summed E-state index contributed by atoms with van der Waals surface area (Å²) in [6, 6.07) is 7.03. The van der Waals surface area contributed by atoms with Gasteiger partial charge in [0.05, 0.1) is 12.2 Å². The Hall–Kier alpha value is -1.88. The molecule has 5 rings (SSSR count). The maximum atomic E-state index is 6.41.